The van der Waals surface area contributed by atoms with Gasteiger partial charge in [-0.3, -0.25) is 4.79 Å². The predicted molar refractivity (Wildman–Crippen MR) is 86.9 cm³/mol. The zero-order valence-electron chi connectivity index (χ0n) is 13.2. The number of carbonyl (C=O) groups excluding carboxylic acids is 1. The van der Waals surface area contributed by atoms with Crippen LogP contribution in [0.5, 0.6) is 11.5 Å². The molecule has 118 valence electrons. The van der Waals surface area contributed by atoms with Crippen LogP contribution in [0.15, 0.2) is 23.6 Å². The van der Waals surface area contributed by atoms with Gasteiger partial charge >= 0.3 is 0 Å². The number of rotatable bonds is 6. The molecular formula is C16H20N2O3S. The van der Waals surface area contributed by atoms with Gasteiger partial charge in [-0.05, 0) is 24.1 Å². The summed E-state index contributed by atoms with van der Waals surface area (Å²) in [6.45, 7) is 4.62. The van der Waals surface area contributed by atoms with Gasteiger partial charge in [-0.25, -0.2) is 4.98 Å². The molecule has 0 saturated carbocycles. The average Bonchev–Trinajstić information content (AvgIpc) is 3.01. The van der Waals surface area contributed by atoms with Crippen molar-refractivity contribution in [1.82, 2.24) is 10.3 Å². The van der Waals surface area contributed by atoms with Crippen LogP contribution in [0.3, 0.4) is 0 Å². The molecule has 5 nitrogen and oxygen atoms in total. The summed E-state index contributed by atoms with van der Waals surface area (Å²) in [5.74, 6) is 1.36. The highest BCUT2D eigenvalue weighted by atomic mass is 32.1. The molecule has 0 saturated heterocycles. The van der Waals surface area contributed by atoms with Crippen LogP contribution < -0.4 is 14.8 Å². The molecule has 0 aliphatic carbocycles. The van der Waals surface area contributed by atoms with Gasteiger partial charge in [-0.2, -0.15) is 0 Å². The van der Waals surface area contributed by atoms with Crippen molar-refractivity contribution < 1.29 is 14.3 Å². The Bertz CT molecular complexity index is 653. The van der Waals surface area contributed by atoms with Crippen LogP contribution in [0.2, 0.25) is 0 Å². The lowest BCUT2D eigenvalue weighted by molar-refractivity contribution is 0.0950. The van der Waals surface area contributed by atoms with E-state index in [1.165, 1.54) is 0 Å². The van der Waals surface area contributed by atoms with E-state index in [-0.39, 0.29) is 5.91 Å². The van der Waals surface area contributed by atoms with Crippen LogP contribution in [-0.4, -0.2) is 25.1 Å². The number of thiazole rings is 1. The molecule has 6 heteroatoms. The van der Waals surface area contributed by atoms with Gasteiger partial charge in [0.1, 0.15) is 5.01 Å². The fourth-order valence-corrected chi connectivity index (χ4v) is 2.80. The van der Waals surface area contributed by atoms with Crippen molar-refractivity contribution in [3.05, 3.63) is 39.8 Å². The molecule has 0 radical (unpaired) electrons. The molecule has 1 aromatic heterocycles. The third kappa shape index (κ3) is 3.76. The summed E-state index contributed by atoms with van der Waals surface area (Å²) in [5, 5.41) is 5.80. The Hall–Kier alpha value is -2.08. The van der Waals surface area contributed by atoms with Gasteiger partial charge in [-0.1, -0.05) is 13.8 Å². The maximum atomic E-state index is 12.2. The van der Waals surface area contributed by atoms with Crippen molar-refractivity contribution >= 4 is 17.2 Å². The second-order valence-electron chi connectivity index (χ2n) is 5.07. The highest BCUT2D eigenvalue weighted by molar-refractivity contribution is 7.09. The molecule has 1 heterocycles. The third-order valence-corrected chi connectivity index (χ3v) is 4.07. The van der Waals surface area contributed by atoms with Crippen molar-refractivity contribution in [2.24, 2.45) is 0 Å². The quantitative estimate of drug-likeness (QED) is 0.888. The summed E-state index contributed by atoms with van der Waals surface area (Å²) in [6.07, 6.45) is 0. The molecule has 2 aromatic rings. The predicted octanol–water partition coefficient (Wildman–Crippen LogP) is 3.21. The van der Waals surface area contributed by atoms with E-state index in [0.717, 1.165) is 10.7 Å². The van der Waals surface area contributed by atoms with E-state index in [0.29, 0.717) is 29.5 Å². The minimum absolute atomic E-state index is 0.165. The molecule has 2 rings (SSSR count). The van der Waals surface area contributed by atoms with E-state index in [1.807, 2.05) is 5.38 Å². The van der Waals surface area contributed by atoms with Crippen molar-refractivity contribution in [1.29, 1.82) is 0 Å². The summed E-state index contributed by atoms with van der Waals surface area (Å²) in [5.41, 5.74) is 1.58. The molecule has 1 aromatic carbocycles. The van der Waals surface area contributed by atoms with Gasteiger partial charge in [0.2, 0.25) is 0 Å². The summed E-state index contributed by atoms with van der Waals surface area (Å²) in [7, 11) is 3.11. The second kappa shape index (κ2) is 7.26. The molecular weight excluding hydrogens is 300 g/mol. The molecule has 22 heavy (non-hydrogen) atoms. The molecule has 1 N–H and O–H groups in total. The van der Waals surface area contributed by atoms with Crippen molar-refractivity contribution in [3.8, 4) is 11.5 Å². The summed E-state index contributed by atoms with van der Waals surface area (Å²) in [4.78, 5) is 16.7. The van der Waals surface area contributed by atoms with Crippen molar-refractivity contribution in [2.45, 2.75) is 26.3 Å². The topological polar surface area (TPSA) is 60.5 Å². The van der Waals surface area contributed by atoms with E-state index in [4.69, 9.17) is 9.47 Å². The minimum atomic E-state index is -0.165. The van der Waals surface area contributed by atoms with Crippen molar-refractivity contribution in [3.63, 3.8) is 0 Å². The van der Waals surface area contributed by atoms with E-state index >= 15 is 0 Å². The Morgan fingerprint density at radius 1 is 1.27 bits per heavy atom. The molecule has 0 spiro atoms. The highest BCUT2D eigenvalue weighted by Crippen LogP contribution is 2.27. The minimum Gasteiger partial charge on any atom is -0.493 e. The largest absolute Gasteiger partial charge is 0.493 e. The number of ether oxygens (including phenoxy) is 2. The first kappa shape index (κ1) is 16.3. The van der Waals surface area contributed by atoms with Crippen LogP contribution in [0, 0.1) is 0 Å². The molecule has 0 bridgehead atoms. The Morgan fingerprint density at radius 3 is 2.59 bits per heavy atom. The number of carbonyl (C=O) groups is 1. The van der Waals surface area contributed by atoms with E-state index < -0.39 is 0 Å². The Kier molecular flexibility index (Phi) is 5.38. The molecule has 0 fully saturated rings. The van der Waals surface area contributed by atoms with Gasteiger partial charge in [-0.15, -0.1) is 11.3 Å². The summed E-state index contributed by atoms with van der Waals surface area (Å²) in [6, 6.07) is 5.08. The lowest BCUT2D eigenvalue weighted by Crippen LogP contribution is -2.22. The van der Waals surface area contributed by atoms with Crippen LogP contribution in [-0.2, 0) is 6.54 Å². The number of amides is 1. The fraction of sp³-hybridized carbons (Fsp3) is 0.375. The van der Waals surface area contributed by atoms with Crippen LogP contribution in [0.4, 0.5) is 0 Å². The van der Waals surface area contributed by atoms with E-state index in [9.17, 15) is 4.79 Å². The summed E-state index contributed by atoms with van der Waals surface area (Å²) < 4.78 is 10.4. The maximum Gasteiger partial charge on any atom is 0.251 e. The smallest absolute Gasteiger partial charge is 0.251 e. The number of methoxy groups -OCH3 is 2. The van der Waals surface area contributed by atoms with Gasteiger partial charge < -0.3 is 14.8 Å². The van der Waals surface area contributed by atoms with Crippen LogP contribution in [0.25, 0.3) is 0 Å². The van der Waals surface area contributed by atoms with Gasteiger partial charge in [0.25, 0.3) is 5.91 Å². The van der Waals surface area contributed by atoms with Gasteiger partial charge in [0.05, 0.1) is 26.5 Å². The van der Waals surface area contributed by atoms with Gasteiger partial charge in [0, 0.05) is 10.9 Å². The Balaban J connectivity index is 2.02. The maximum absolute atomic E-state index is 12.2. The van der Waals surface area contributed by atoms with Crippen LogP contribution in [0.1, 0.15) is 40.8 Å². The van der Waals surface area contributed by atoms with Crippen LogP contribution >= 0.6 is 11.3 Å². The number of benzene rings is 1. The first-order valence-corrected chi connectivity index (χ1v) is 7.87. The first-order chi connectivity index (χ1) is 10.5. The average molecular weight is 320 g/mol. The zero-order chi connectivity index (χ0) is 16.1. The second-order valence-corrected chi connectivity index (χ2v) is 6.02. The lowest BCUT2D eigenvalue weighted by atomic mass is 10.2. The Morgan fingerprint density at radius 2 is 2.00 bits per heavy atom. The molecule has 0 aliphatic rings. The van der Waals surface area contributed by atoms with E-state index in [2.05, 4.69) is 24.1 Å². The zero-order valence-corrected chi connectivity index (χ0v) is 14.0. The Labute approximate surface area is 134 Å². The fourth-order valence-electron chi connectivity index (χ4n) is 1.91. The van der Waals surface area contributed by atoms with Crippen molar-refractivity contribution in [2.75, 3.05) is 14.2 Å². The lowest BCUT2D eigenvalue weighted by Gasteiger charge is -2.09. The molecule has 1 amide bonds. The SMILES string of the molecule is COc1ccc(C(=O)NCc2nc(C(C)C)cs2)cc1OC. The van der Waals surface area contributed by atoms with E-state index in [1.54, 1.807) is 43.8 Å². The standard InChI is InChI=1S/C16H20N2O3S/c1-10(2)12-9-22-15(18-12)8-17-16(19)11-5-6-13(20-3)14(7-11)21-4/h5-7,9-10H,8H2,1-4H3,(H,17,19). The number of hydrogen-bond acceptors (Lipinski definition) is 5. The number of nitrogens with one attached hydrogen (secondary N) is 1. The molecule has 0 unspecified atom stereocenters. The molecule has 0 atom stereocenters. The highest BCUT2D eigenvalue weighted by Gasteiger charge is 2.12. The third-order valence-electron chi connectivity index (χ3n) is 3.21. The number of hydrogen-bond donors (Lipinski definition) is 1. The normalized spacial score (nSPS) is 10.6. The van der Waals surface area contributed by atoms with Gasteiger partial charge in [0.15, 0.2) is 11.5 Å². The number of nitrogens with zero attached hydrogens (tertiary/aromatic N) is 1. The monoisotopic (exact) mass is 320 g/mol. The first-order valence-electron chi connectivity index (χ1n) is 6.99. The number of aromatic nitrogens is 1. The molecule has 0 aliphatic heterocycles. The summed E-state index contributed by atoms with van der Waals surface area (Å²) >= 11 is 1.56.